The lowest BCUT2D eigenvalue weighted by Gasteiger charge is -2.32. The summed E-state index contributed by atoms with van der Waals surface area (Å²) in [6.07, 6.45) is 1.04. The smallest absolute Gasteiger partial charge is 0.306 e. The normalized spacial score (nSPS) is 22.6. The zero-order valence-electron chi connectivity index (χ0n) is 9.02. The van der Waals surface area contributed by atoms with Gasteiger partial charge in [0.15, 0.2) is 0 Å². The Bertz CT molecular complexity index is 455. The summed E-state index contributed by atoms with van der Waals surface area (Å²) in [7, 11) is 0. The predicted molar refractivity (Wildman–Crippen MR) is 65.8 cm³/mol. The molecule has 0 unspecified atom stereocenters. The van der Waals surface area contributed by atoms with Gasteiger partial charge in [0, 0.05) is 10.5 Å². The Morgan fingerprint density at radius 1 is 1.29 bits per heavy atom. The summed E-state index contributed by atoms with van der Waals surface area (Å²) in [5.41, 5.74) is 0.575. The second-order valence-corrected chi connectivity index (χ2v) is 5.01. The molecule has 1 fully saturated rings. The molecule has 2 rings (SSSR count). The average molecular weight is 298 g/mol. The zero-order chi connectivity index (χ0) is 12.4. The first-order valence-corrected chi connectivity index (χ1v) is 6.15. The molecule has 0 atom stereocenters. The van der Waals surface area contributed by atoms with Crippen molar-refractivity contribution < 1.29 is 14.7 Å². The molecule has 2 N–H and O–H groups in total. The number of carboxylic acids is 1. The minimum atomic E-state index is -0.781. The van der Waals surface area contributed by atoms with Crippen LogP contribution >= 0.6 is 15.9 Å². The third kappa shape index (κ3) is 2.66. The number of halogens is 1. The molecule has 1 aromatic carbocycles. The molecule has 0 bridgehead atoms. The van der Waals surface area contributed by atoms with Crippen molar-refractivity contribution in [3.8, 4) is 0 Å². The number of benzene rings is 1. The third-order valence-electron chi connectivity index (χ3n) is 2.94. The number of carbonyl (C=O) groups is 2. The minimum absolute atomic E-state index is 0.0179. The number of carboxylic acid groups (broad SMARTS) is 1. The number of nitrogens with one attached hydrogen (secondary N) is 1. The number of aliphatic carboxylic acids is 1. The average Bonchev–Trinajstić information content (AvgIpc) is 2.22. The van der Waals surface area contributed by atoms with E-state index in [2.05, 4.69) is 21.2 Å². The van der Waals surface area contributed by atoms with E-state index >= 15 is 0 Å². The SMILES string of the molecule is O=C(NC1CC(C(=O)O)C1)c1ccccc1Br. The standard InChI is InChI=1S/C12H12BrNO3/c13-10-4-2-1-3-9(10)11(15)14-8-5-7(6-8)12(16)17/h1-4,7-8H,5-6H2,(H,14,15)(H,16,17). The number of rotatable bonds is 3. The van der Waals surface area contributed by atoms with E-state index in [4.69, 9.17) is 5.11 Å². The van der Waals surface area contributed by atoms with Gasteiger partial charge in [-0.1, -0.05) is 12.1 Å². The van der Waals surface area contributed by atoms with Crippen molar-refractivity contribution in [2.45, 2.75) is 18.9 Å². The van der Waals surface area contributed by atoms with Gasteiger partial charge in [0.1, 0.15) is 0 Å². The van der Waals surface area contributed by atoms with E-state index in [1.165, 1.54) is 0 Å². The highest BCUT2D eigenvalue weighted by molar-refractivity contribution is 9.10. The van der Waals surface area contributed by atoms with Crippen LogP contribution in [0.5, 0.6) is 0 Å². The molecule has 1 saturated carbocycles. The second-order valence-electron chi connectivity index (χ2n) is 4.16. The van der Waals surface area contributed by atoms with Crippen LogP contribution in [-0.4, -0.2) is 23.0 Å². The van der Waals surface area contributed by atoms with Crippen LogP contribution in [0.15, 0.2) is 28.7 Å². The van der Waals surface area contributed by atoms with Gasteiger partial charge >= 0.3 is 5.97 Å². The molecule has 0 spiro atoms. The Kier molecular flexibility index (Phi) is 3.47. The maximum atomic E-state index is 11.9. The van der Waals surface area contributed by atoms with Gasteiger partial charge in [-0.25, -0.2) is 0 Å². The minimum Gasteiger partial charge on any atom is -0.481 e. The van der Waals surface area contributed by atoms with E-state index in [-0.39, 0.29) is 17.9 Å². The molecule has 1 aliphatic rings. The number of amides is 1. The van der Waals surface area contributed by atoms with E-state index in [1.54, 1.807) is 18.2 Å². The van der Waals surface area contributed by atoms with E-state index in [0.29, 0.717) is 18.4 Å². The van der Waals surface area contributed by atoms with Crippen molar-refractivity contribution in [1.29, 1.82) is 0 Å². The summed E-state index contributed by atoms with van der Waals surface area (Å²) in [5.74, 6) is -1.25. The number of carbonyl (C=O) groups excluding carboxylic acids is 1. The summed E-state index contributed by atoms with van der Waals surface area (Å²) in [5, 5.41) is 11.6. The molecule has 4 nitrogen and oxygen atoms in total. The fraction of sp³-hybridized carbons (Fsp3) is 0.333. The Morgan fingerprint density at radius 2 is 1.94 bits per heavy atom. The Labute approximate surface area is 107 Å². The summed E-state index contributed by atoms with van der Waals surface area (Å²) in [6, 6.07) is 7.14. The molecule has 17 heavy (non-hydrogen) atoms. The summed E-state index contributed by atoms with van der Waals surface area (Å²) in [4.78, 5) is 22.5. The summed E-state index contributed by atoms with van der Waals surface area (Å²) in [6.45, 7) is 0. The first kappa shape index (κ1) is 12.1. The van der Waals surface area contributed by atoms with Crippen LogP contribution < -0.4 is 5.32 Å². The highest BCUT2D eigenvalue weighted by atomic mass is 79.9. The van der Waals surface area contributed by atoms with Crippen LogP contribution in [-0.2, 0) is 4.79 Å². The highest BCUT2D eigenvalue weighted by Gasteiger charge is 2.35. The van der Waals surface area contributed by atoms with Crippen molar-refractivity contribution >= 4 is 27.8 Å². The molecule has 1 aromatic rings. The van der Waals surface area contributed by atoms with Gasteiger partial charge in [0.05, 0.1) is 11.5 Å². The zero-order valence-corrected chi connectivity index (χ0v) is 10.6. The van der Waals surface area contributed by atoms with Crippen molar-refractivity contribution in [2.24, 2.45) is 5.92 Å². The molecule has 5 heteroatoms. The van der Waals surface area contributed by atoms with Crippen molar-refractivity contribution in [3.63, 3.8) is 0 Å². The third-order valence-corrected chi connectivity index (χ3v) is 3.63. The van der Waals surface area contributed by atoms with Gasteiger partial charge in [0.2, 0.25) is 0 Å². The fourth-order valence-corrected chi connectivity index (χ4v) is 2.31. The van der Waals surface area contributed by atoms with Crippen LogP contribution in [0, 0.1) is 5.92 Å². The predicted octanol–water partition coefficient (Wildman–Crippen LogP) is 2.04. The molecule has 0 heterocycles. The Balaban J connectivity index is 1.92. The molecular formula is C12H12BrNO3. The lowest BCUT2D eigenvalue weighted by molar-refractivity contribution is -0.145. The molecule has 0 radical (unpaired) electrons. The maximum absolute atomic E-state index is 11.9. The summed E-state index contributed by atoms with van der Waals surface area (Å²) < 4.78 is 0.742. The Morgan fingerprint density at radius 3 is 2.53 bits per heavy atom. The van der Waals surface area contributed by atoms with Crippen molar-refractivity contribution in [1.82, 2.24) is 5.32 Å². The van der Waals surface area contributed by atoms with Crippen LogP contribution in [0.4, 0.5) is 0 Å². The van der Waals surface area contributed by atoms with Crippen LogP contribution in [0.3, 0.4) is 0 Å². The van der Waals surface area contributed by atoms with E-state index in [0.717, 1.165) is 4.47 Å². The van der Waals surface area contributed by atoms with Gasteiger partial charge in [-0.05, 0) is 40.9 Å². The summed E-state index contributed by atoms with van der Waals surface area (Å²) >= 11 is 3.31. The largest absolute Gasteiger partial charge is 0.481 e. The van der Waals surface area contributed by atoms with E-state index in [1.807, 2.05) is 6.07 Å². The van der Waals surface area contributed by atoms with E-state index < -0.39 is 5.97 Å². The molecule has 0 aliphatic heterocycles. The number of hydrogen-bond donors (Lipinski definition) is 2. The molecule has 90 valence electrons. The second kappa shape index (κ2) is 4.87. The monoisotopic (exact) mass is 297 g/mol. The van der Waals surface area contributed by atoms with Gasteiger partial charge in [-0.3, -0.25) is 9.59 Å². The van der Waals surface area contributed by atoms with Crippen LogP contribution in [0.2, 0.25) is 0 Å². The van der Waals surface area contributed by atoms with Crippen molar-refractivity contribution in [3.05, 3.63) is 34.3 Å². The van der Waals surface area contributed by atoms with Gasteiger partial charge < -0.3 is 10.4 Å². The molecule has 1 aliphatic carbocycles. The van der Waals surface area contributed by atoms with Gasteiger partial charge in [0.25, 0.3) is 5.91 Å². The van der Waals surface area contributed by atoms with Gasteiger partial charge in [-0.15, -0.1) is 0 Å². The lowest BCUT2D eigenvalue weighted by Crippen LogP contribution is -2.46. The van der Waals surface area contributed by atoms with E-state index in [9.17, 15) is 9.59 Å². The van der Waals surface area contributed by atoms with Crippen LogP contribution in [0.25, 0.3) is 0 Å². The van der Waals surface area contributed by atoms with Crippen molar-refractivity contribution in [2.75, 3.05) is 0 Å². The molecule has 0 aromatic heterocycles. The first-order chi connectivity index (χ1) is 8.08. The first-order valence-electron chi connectivity index (χ1n) is 5.36. The Hall–Kier alpha value is -1.36. The molecule has 0 saturated heterocycles. The quantitative estimate of drug-likeness (QED) is 0.897. The highest BCUT2D eigenvalue weighted by Crippen LogP contribution is 2.28. The van der Waals surface area contributed by atoms with Gasteiger partial charge in [-0.2, -0.15) is 0 Å². The number of hydrogen-bond acceptors (Lipinski definition) is 2. The molecular weight excluding hydrogens is 286 g/mol. The molecule has 1 amide bonds. The fourth-order valence-electron chi connectivity index (χ4n) is 1.85. The van der Waals surface area contributed by atoms with Crippen LogP contribution in [0.1, 0.15) is 23.2 Å². The maximum Gasteiger partial charge on any atom is 0.306 e. The topological polar surface area (TPSA) is 66.4 Å². The lowest BCUT2D eigenvalue weighted by atomic mass is 9.80.